The Labute approximate surface area is 194 Å². The summed E-state index contributed by atoms with van der Waals surface area (Å²) in [6, 6.07) is 8.99. The first-order valence-corrected chi connectivity index (χ1v) is 10.8. The van der Waals surface area contributed by atoms with Crippen molar-refractivity contribution < 1.29 is 23.0 Å². The zero-order chi connectivity index (χ0) is 22.8. The van der Waals surface area contributed by atoms with E-state index in [-0.39, 0.29) is 35.9 Å². The lowest BCUT2D eigenvalue weighted by atomic mass is 10.1. The molecule has 2 aromatic carbocycles. The molecule has 0 unspecified atom stereocenters. The lowest BCUT2D eigenvalue weighted by molar-refractivity contribution is -0.00825. The highest BCUT2D eigenvalue weighted by molar-refractivity contribution is 9.10. The van der Waals surface area contributed by atoms with Crippen molar-refractivity contribution in [3.8, 4) is 22.8 Å². The summed E-state index contributed by atoms with van der Waals surface area (Å²) in [6.07, 6.45) is -0.840. The molecule has 0 N–H and O–H groups in total. The predicted molar refractivity (Wildman–Crippen MR) is 118 cm³/mol. The van der Waals surface area contributed by atoms with E-state index in [9.17, 15) is 13.6 Å². The van der Waals surface area contributed by atoms with Crippen molar-refractivity contribution in [1.82, 2.24) is 14.8 Å². The largest absolute Gasteiger partial charge is 0.508 e. The van der Waals surface area contributed by atoms with Gasteiger partial charge < -0.3 is 14.0 Å². The SMILES string of the molecule is CC(C)(C)OC(=O)OCCn1c(-c2ccc(Br)cc2F)nnc1-c1ccc(Br)cc1F. The number of halogens is 4. The Balaban J connectivity index is 1.97. The van der Waals surface area contributed by atoms with Crippen LogP contribution in [0.15, 0.2) is 45.3 Å². The highest BCUT2D eigenvalue weighted by atomic mass is 79.9. The summed E-state index contributed by atoms with van der Waals surface area (Å²) in [6.45, 7) is 5.11. The number of benzene rings is 2. The summed E-state index contributed by atoms with van der Waals surface area (Å²) in [4.78, 5) is 11.9. The first kappa shape index (κ1) is 23.3. The van der Waals surface area contributed by atoms with Gasteiger partial charge in [0.1, 0.15) is 23.8 Å². The van der Waals surface area contributed by atoms with Crippen LogP contribution in [0.25, 0.3) is 22.8 Å². The summed E-state index contributed by atoms with van der Waals surface area (Å²) in [5.41, 5.74) is -0.348. The van der Waals surface area contributed by atoms with E-state index >= 15 is 0 Å². The third kappa shape index (κ3) is 5.88. The van der Waals surface area contributed by atoms with E-state index < -0.39 is 23.4 Å². The second-order valence-electron chi connectivity index (χ2n) is 7.56. The van der Waals surface area contributed by atoms with Crippen LogP contribution < -0.4 is 0 Å². The zero-order valence-corrected chi connectivity index (χ0v) is 20.1. The van der Waals surface area contributed by atoms with E-state index in [4.69, 9.17) is 9.47 Å². The molecule has 0 amide bonds. The minimum Gasteiger partial charge on any atom is -0.432 e. The van der Waals surface area contributed by atoms with Crippen molar-refractivity contribution in [2.24, 2.45) is 0 Å². The molecule has 0 aliphatic carbocycles. The molecule has 0 saturated carbocycles. The number of nitrogens with zero attached hydrogens (tertiary/aromatic N) is 3. The van der Waals surface area contributed by atoms with E-state index in [2.05, 4.69) is 42.1 Å². The molecule has 1 aromatic heterocycles. The van der Waals surface area contributed by atoms with Crippen LogP contribution in [0.5, 0.6) is 0 Å². The lowest BCUT2D eigenvalue weighted by Crippen LogP contribution is -2.25. The molecule has 164 valence electrons. The highest BCUT2D eigenvalue weighted by Gasteiger charge is 2.22. The van der Waals surface area contributed by atoms with Crippen molar-refractivity contribution in [3.63, 3.8) is 0 Å². The zero-order valence-electron chi connectivity index (χ0n) is 17.0. The number of ether oxygens (including phenoxy) is 2. The van der Waals surface area contributed by atoms with Gasteiger partial charge in [0.25, 0.3) is 0 Å². The second kappa shape index (κ2) is 9.44. The third-order valence-electron chi connectivity index (χ3n) is 4.02. The van der Waals surface area contributed by atoms with Crippen LogP contribution in [-0.2, 0) is 16.0 Å². The quantitative estimate of drug-likeness (QED) is 0.340. The summed E-state index contributed by atoms with van der Waals surface area (Å²) >= 11 is 6.44. The highest BCUT2D eigenvalue weighted by Crippen LogP contribution is 2.30. The molecule has 3 aromatic rings. The maximum absolute atomic E-state index is 14.6. The van der Waals surface area contributed by atoms with E-state index in [1.165, 1.54) is 28.8 Å². The van der Waals surface area contributed by atoms with Gasteiger partial charge in [0.15, 0.2) is 11.6 Å². The van der Waals surface area contributed by atoms with Crippen LogP contribution >= 0.6 is 31.9 Å². The fourth-order valence-corrected chi connectivity index (χ4v) is 3.42. The van der Waals surface area contributed by atoms with Crippen LogP contribution in [0.3, 0.4) is 0 Å². The molecule has 0 spiro atoms. The van der Waals surface area contributed by atoms with Gasteiger partial charge in [0.2, 0.25) is 0 Å². The van der Waals surface area contributed by atoms with E-state index in [0.29, 0.717) is 8.95 Å². The molecule has 0 aliphatic rings. The van der Waals surface area contributed by atoms with Gasteiger partial charge in [-0.15, -0.1) is 10.2 Å². The molecule has 1 heterocycles. The Morgan fingerprint density at radius 2 is 1.45 bits per heavy atom. The molecule has 3 rings (SSSR count). The fourth-order valence-electron chi connectivity index (χ4n) is 2.75. The predicted octanol–water partition coefficient (Wildman–Crippen LogP) is 6.37. The Morgan fingerprint density at radius 1 is 0.968 bits per heavy atom. The summed E-state index contributed by atoms with van der Waals surface area (Å²) in [5.74, 6) is -0.706. The molecule has 6 nitrogen and oxygen atoms in total. The first-order valence-electron chi connectivity index (χ1n) is 9.25. The minimum atomic E-state index is -0.840. The number of carbonyl (C=O) groups excluding carboxylic acids is 1. The maximum atomic E-state index is 14.6. The molecular formula is C21H19Br2F2N3O3. The Kier molecular flexibility index (Phi) is 7.10. The summed E-state index contributed by atoms with van der Waals surface area (Å²) in [5, 5.41) is 8.16. The number of aromatic nitrogens is 3. The van der Waals surface area contributed by atoms with Crippen LogP contribution in [0.2, 0.25) is 0 Å². The molecule has 10 heteroatoms. The molecular weight excluding hydrogens is 540 g/mol. The standard InChI is InChI=1S/C21H19Br2F2N3O3/c1-21(2,3)31-20(29)30-9-8-28-18(14-6-4-12(22)10-16(14)24)26-27-19(28)15-7-5-13(23)11-17(15)25/h4-7,10-11H,8-9H2,1-3H3. The lowest BCUT2D eigenvalue weighted by Gasteiger charge is -2.19. The molecule has 0 fully saturated rings. The Bertz CT molecular complexity index is 1040. The van der Waals surface area contributed by atoms with Gasteiger partial charge in [-0.2, -0.15) is 0 Å². The van der Waals surface area contributed by atoms with Crippen LogP contribution in [-0.4, -0.2) is 33.1 Å². The third-order valence-corrected chi connectivity index (χ3v) is 5.01. The Hall–Kier alpha value is -2.33. The topological polar surface area (TPSA) is 66.2 Å². The van der Waals surface area contributed by atoms with Crippen molar-refractivity contribution in [3.05, 3.63) is 57.0 Å². The first-order chi connectivity index (χ1) is 14.5. The van der Waals surface area contributed by atoms with Crippen LogP contribution in [0.1, 0.15) is 20.8 Å². The van der Waals surface area contributed by atoms with Crippen molar-refractivity contribution in [1.29, 1.82) is 0 Å². The fraction of sp³-hybridized carbons (Fsp3) is 0.286. The van der Waals surface area contributed by atoms with Gasteiger partial charge in [-0.25, -0.2) is 13.6 Å². The van der Waals surface area contributed by atoms with Gasteiger partial charge in [-0.1, -0.05) is 31.9 Å². The second-order valence-corrected chi connectivity index (χ2v) is 9.39. The van der Waals surface area contributed by atoms with Crippen molar-refractivity contribution >= 4 is 38.0 Å². The summed E-state index contributed by atoms with van der Waals surface area (Å²) < 4.78 is 42.1. The van der Waals surface area contributed by atoms with Gasteiger partial charge in [-0.05, 0) is 57.2 Å². The summed E-state index contributed by atoms with van der Waals surface area (Å²) in [7, 11) is 0. The number of carbonyl (C=O) groups is 1. The average molecular weight is 559 g/mol. The normalized spacial score (nSPS) is 11.5. The molecule has 0 atom stereocenters. The van der Waals surface area contributed by atoms with E-state index in [0.717, 1.165) is 0 Å². The van der Waals surface area contributed by atoms with Crippen molar-refractivity contribution in [2.45, 2.75) is 32.9 Å². The molecule has 0 saturated heterocycles. The minimum absolute atomic E-state index is 0.0575. The van der Waals surface area contributed by atoms with Gasteiger partial charge in [0.05, 0.1) is 17.7 Å². The van der Waals surface area contributed by atoms with Gasteiger partial charge >= 0.3 is 6.16 Å². The van der Waals surface area contributed by atoms with Gasteiger partial charge in [0, 0.05) is 8.95 Å². The van der Waals surface area contributed by atoms with Crippen molar-refractivity contribution in [2.75, 3.05) is 6.61 Å². The Morgan fingerprint density at radius 3 is 1.87 bits per heavy atom. The maximum Gasteiger partial charge on any atom is 0.508 e. The molecule has 0 bridgehead atoms. The number of hydrogen-bond acceptors (Lipinski definition) is 5. The average Bonchev–Trinajstić information content (AvgIpc) is 3.03. The van der Waals surface area contributed by atoms with Gasteiger partial charge in [-0.3, -0.25) is 0 Å². The smallest absolute Gasteiger partial charge is 0.432 e. The molecule has 0 radical (unpaired) electrons. The molecule has 0 aliphatic heterocycles. The number of rotatable bonds is 5. The monoisotopic (exact) mass is 557 g/mol. The van der Waals surface area contributed by atoms with Crippen LogP contribution in [0.4, 0.5) is 13.6 Å². The number of hydrogen-bond donors (Lipinski definition) is 0. The van der Waals surface area contributed by atoms with Crippen LogP contribution in [0, 0.1) is 11.6 Å². The van der Waals surface area contributed by atoms with E-state index in [1.807, 2.05) is 0 Å². The molecule has 31 heavy (non-hydrogen) atoms. The van der Waals surface area contributed by atoms with E-state index in [1.54, 1.807) is 32.9 Å².